The Bertz CT molecular complexity index is 712. The molecule has 2 aromatic rings. The zero-order valence-electron chi connectivity index (χ0n) is 15.1. The van der Waals surface area contributed by atoms with Gasteiger partial charge in [0.25, 0.3) is 5.91 Å². The van der Waals surface area contributed by atoms with Gasteiger partial charge in [0.05, 0.1) is 25.9 Å². The van der Waals surface area contributed by atoms with E-state index in [2.05, 4.69) is 5.32 Å². The Morgan fingerprint density at radius 2 is 2.12 bits per heavy atom. The van der Waals surface area contributed by atoms with Crippen LogP contribution in [-0.4, -0.2) is 32.1 Å². The molecule has 3 rings (SSSR count). The highest BCUT2D eigenvalue weighted by molar-refractivity contribution is 6.31. The van der Waals surface area contributed by atoms with Crippen LogP contribution in [0.3, 0.4) is 0 Å². The van der Waals surface area contributed by atoms with E-state index in [4.69, 9.17) is 20.8 Å². The summed E-state index contributed by atoms with van der Waals surface area (Å²) < 4.78 is 11.2. The Labute approximate surface area is 159 Å². The number of hydrogen-bond donors (Lipinski definition) is 2. The van der Waals surface area contributed by atoms with Crippen LogP contribution >= 0.6 is 11.6 Å². The van der Waals surface area contributed by atoms with E-state index >= 15 is 0 Å². The number of piperidine rings is 1. The van der Waals surface area contributed by atoms with Gasteiger partial charge >= 0.3 is 0 Å². The van der Waals surface area contributed by atoms with Gasteiger partial charge in [-0.1, -0.05) is 11.6 Å². The predicted molar refractivity (Wildman–Crippen MR) is 101 cm³/mol. The lowest BCUT2D eigenvalue weighted by Crippen LogP contribution is -3.13. The maximum atomic E-state index is 12.2. The molecule has 6 heteroatoms. The second-order valence-corrected chi connectivity index (χ2v) is 7.20. The Kier molecular flexibility index (Phi) is 6.58. The van der Waals surface area contributed by atoms with Gasteiger partial charge in [0.15, 0.2) is 18.4 Å². The summed E-state index contributed by atoms with van der Waals surface area (Å²) >= 11 is 6.00. The number of ether oxygens (including phenoxy) is 1. The van der Waals surface area contributed by atoms with Gasteiger partial charge in [0, 0.05) is 5.02 Å². The second kappa shape index (κ2) is 9.10. The first-order valence-corrected chi connectivity index (χ1v) is 9.55. The molecule has 140 valence electrons. The molecular formula is C20H26ClN2O3+. The molecule has 1 amide bonds. The van der Waals surface area contributed by atoms with Crippen LogP contribution in [0.5, 0.6) is 5.75 Å². The lowest BCUT2D eigenvalue weighted by molar-refractivity contribution is -0.936. The van der Waals surface area contributed by atoms with E-state index in [1.165, 1.54) is 24.2 Å². The van der Waals surface area contributed by atoms with Crippen molar-refractivity contribution in [2.24, 2.45) is 0 Å². The van der Waals surface area contributed by atoms with Crippen LogP contribution < -0.4 is 15.0 Å². The van der Waals surface area contributed by atoms with Gasteiger partial charge < -0.3 is 19.4 Å². The molecule has 0 bridgehead atoms. The summed E-state index contributed by atoms with van der Waals surface area (Å²) in [5, 5.41) is 3.68. The summed E-state index contributed by atoms with van der Waals surface area (Å²) in [6.07, 6.45) is 5.42. The smallest absolute Gasteiger partial charge is 0.258 e. The Hall–Kier alpha value is -1.98. The summed E-state index contributed by atoms with van der Waals surface area (Å²) in [5.74, 6) is 1.44. The minimum atomic E-state index is -0.134. The van der Waals surface area contributed by atoms with Crippen LogP contribution in [0.15, 0.2) is 41.0 Å². The molecule has 1 atom stereocenters. The standard InChI is InChI=1S/C20H25ClN2O3/c1-15-12-16(7-8-17(15)21)26-14-20(24)22-13-18(19-6-5-11-25-19)23-9-3-2-4-10-23/h5-8,11-12,18H,2-4,9-10,13-14H2,1H3,(H,22,24)/p+1/t18-/m0/s1. The zero-order chi connectivity index (χ0) is 18.4. The topological polar surface area (TPSA) is 55.9 Å². The molecule has 0 unspecified atom stereocenters. The average Bonchev–Trinajstić information content (AvgIpc) is 3.18. The lowest BCUT2D eigenvalue weighted by Gasteiger charge is -2.30. The minimum absolute atomic E-state index is 0.0126. The number of aryl methyl sites for hydroxylation is 1. The van der Waals surface area contributed by atoms with E-state index in [0.29, 0.717) is 17.3 Å². The van der Waals surface area contributed by atoms with Crippen LogP contribution in [0.25, 0.3) is 0 Å². The van der Waals surface area contributed by atoms with E-state index in [1.54, 1.807) is 18.4 Å². The van der Waals surface area contributed by atoms with Gasteiger partial charge in [-0.05, 0) is 62.1 Å². The number of rotatable bonds is 7. The van der Waals surface area contributed by atoms with Crippen molar-refractivity contribution in [2.45, 2.75) is 32.2 Å². The van der Waals surface area contributed by atoms with Crippen molar-refractivity contribution >= 4 is 17.5 Å². The molecule has 1 saturated heterocycles. The Balaban J connectivity index is 1.52. The van der Waals surface area contributed by atoms with E-state index in [0.717, 1.165) is 24.4 Å². The summed E-state index contributed by atoms with van der Waals surface area (Å²) in [5.41, 5.74) is 0.927. The van der Waals surface area contributed by atoms with E-state index in [1.807, 2.05) is 25.1 Å². The molecule has 5 nitrogen and oxygen atoms in total. The Morgan fingerprint density at radius 1 is 1.31 bits per heavy atom. The third kappa shape index (κ3) is 5.02. The highest BCUT2D eigenvalue weighted by Crippen LogP contribution is 2.20. The molecule has 1 aliphatic rings. The monoisotopic (exact) mass is 377 g/mol. The van der Waals surface area contributed by atoms with Crippen molar-refractivity contribution < 1.29 is 18.8 Å². The highest BCUT2D eigenvalue weighted by Gasteiger charge is 2.28. The number of likely N-dealkylation sites (tertiary alicyclic amines) is 1. The van der Waals surface area contributed by atoms with Gasteiger partial charge in [0.1, 0.15) is 5.75 Å². The molecule has 2 heterocycles. The van der Waals surface area contributed by atoms with Crippen molar-refractivity contribution in [2.75, 3.05) is 26.2 Å². The first-order chi connectivity index (χ1) is 12.6. The second-order valence-electron chi connectivity index (χ2n) is 6.79. The van der Waals surface area contributed by atoms with Gasteiger partial charge in [-0.2, -0.15) is 0 Å². The van der Waals surface area contributed by atoms with E-state index in [-0.39, 0.29) is 18.6 Å². The molecule has 1 fully saturated rings. The fourth-order valence-corrected chi connectivity index (χ4v) is 3.53. The number of carbonyl (C=O) groups excluding carboxylic acids is 1. The quantitative estimate of drug-likeness (QED) is 0.779. The summed E-state index contributed by atoms with van der Waals surface area (Å²) in [6, 6.07) is 9.42. The van der Waals surface area contributed by atoms with Gasteiger partial charge in [-0.15, -0.1) is 0 Å². The van der Waals surface area contributed by atoms with E-state index < -0.39 is 0 Å². The predicted octanol–water partition coefficient (Wildman–Crippen LogP) is 2.55. The molecule has 26 heavy (non-hydrogen) atoms. The van der Waals surface area contributed by atoms with Crippen molar-refractivity contribution in [1.82, 2.24) is 5.32 Å². The zero-order valence-corrected chi connectivity index (χ0v) is 15.8. The molecule has 1 aliphatic heterocycles. The fraction of sp³-hybridized carbons (Fsp3) is 0.450. The van der Waals surface area contributed by atoms with Crippen LogP contribution in [-0.2, 0) is 4.79 Å². The number of quaternary nitrogens is 1. The maximum Gasteiger partial charge on any atom is 0.258 e. The maximum absolute atomic E-state index is 12.2. The van der Waals surface area contributed by atoms with Crippen LogP contribution in [0.2, 0.25) is 5.02 Å². The number of benzene rings is 1. The van der Waals surface area contributed by atoms with Crippen LogP contribution in [0, 0.1) is 6.92 Å². The first-order valence-electron chi connectivity index (χ1n) is 9.17. The largest absolute Gasteiger partial charge is 0.484 e. The summed E-state index contributed by atoms with van der Waals surface area (Å²) in [4.78, 5) is 13.7. The number of carbonyl (C=O) groups is 1. The van der Waals surface area contributed by atoms with Crippen LogP contribution in [0.1, 0.15) is 36.6 Å². The first kappa shape index (κ1) is 18.8. The number of halogens is 1. The SMILES string of the molecule is Cc1cc(OCC(=O)NC[C@@H](c2ccco2)[NH+]2CCCCC2)ccc1Cl. The number of nitrogens with one attached hydrogen (secondary N) is 2. The molecule has 1 aromatic heterocycles. The lowest BCUT2D eigenvalue weighted by atomic mass is 10.1. The van der Waals surface area contributed by atoms with E-state index in [9.17, 15) is 4.79 Å². The van der Waals surface area contributed by atoms with Crippen molar-refractivity contribution in [3.05, 3.63) is 52.9 Å². The number of amides is 1. The molecule has 0 saturated carbocycles. The van der Waals surface area contributed by atoms with Crippen molar-refractivity contribution in [3.63, 3.8) is 0 Å². The van der Waals surface area contributed by atoms with Gasteiger partial charge in [0.2, 0.25) is 0 Å². The average molecular weight is 378 g/mol. The van der Waals surface area contributed by atoms with Crippen molar-refractivity contribution in [1.29, 1.82) is 0 Å². The van der Waals surface area contributed by atoms with Crippen molar-refractivity contribution in [3.8, 4) is 5.75 Å². The van der Waals surface area contributed by atoms with Gasteiger partial charge in [-0.3, -0.25) is 4.79 Å². The molecule has 2 N–H and O–H groups in total. The number of furan rings is 1. The fourth-order valence-electron chi connectivity index (χ4n) is 3.41. The van der Waals surface area contributed by atoms with Gasteiger partial charge in [-0.25, -0.2) is 0 Å². The summed E-state index contributed by atoms with van der Waals surface area (Å²) in [6.45, 7) is 4.67. The number of hydrogen-bond acceptors (Lipinski definition) is 3. The third-order valence-electron chi connectivity index (χ3n) is 4.88. The molecule has 0 aliphatic carbocycles. The highest BCUT2D eigenvalue weighted by atomic mass is 35.5. The molecule has 0 radical (unpaired) electrons. The van der Waals surface area contributed by atoms with Crippen LogP contribution in [0.4, 0.5) is 0 Å². The molecular weight excluding hydrogens is 352 g/mol. The molecule has 1 aromatic carbocycles. The minimum Gasteiger partial charge on any atom is -0.484 e. The molecule has 0 spiro atoms. The normalized spacial score (nSPS) is 16.2. The summed E-state index contributed by atoms with van der Waals surface area (Å²) in [7, 11) is 0. The Morgan fingerprint density at radius 3 is 2.81 bits per heavy atom. The third-order valence-corrected chi connectivity index (χ3v) is 5.30.